The maximum absolute atomic E-state index is 13.0. The molecule has 3 aliphatic rings. The number of β-lactam (4-membered cyclic amide) rings is 1. The number of thioether (sulfide) groups is 2. The summed E-state index contributed by atoms with van der Waals surface area (Å²) >= 11 is 3.53. The Morgan fingerprint density at radius 3 is 2.62 bits per heavy atom. The second kappa shape index (κ2) is 13.6. The molecule has 4 heterocycles. The van der Waals surface area contributed by atoms with E-state index in [1.807, 2.05) is 0 Å². The van der Waals surface area contributed by atoms with Crippen LogP contribution in [0.4, 0.5) is 5.13 Å². The Labute approximate surface area is 274 Å². The minimum absolute atomic E-state index is 0. The summed E-state index contributed by atoms with van der Waals surface area (Å²) in [7, 11) is 0. The molecule has 0 saturated carbocycles. The number of nitrogens with one attached hydrogen (secondary N) is 2. The van der Waals surface area contributed by atoms with Gasteiger partial charge in [-0.1, -0.05) is 35.2 Å². The number of likely N-dealkylation sites (tertiary alicyclic amines) is 1. The van der Waals surface area contributed by atoms with Crippen LogP contribution >= 0.6 is 34.9 Å². The molecular formula is C25H25N6NaO7S3. The first-order valence-electron chi connectivity index (χ1n) is 12.3. The van der Waals surface area contributed by atoms with Crippen molar-refractivity contribution >= 4 is 99.1 Å². The third-order valence-electron chi connectivity index (χ3n) is 6.40. The van der Waals surface area contributed by atoms with Gasteiger partial charge in [0.15, 0.2) is 4.34 Å². The van der Waals surface area contributed by atoms with E-state index in [2.05, 4.69) is 20.8 Å². The number of carbonyl (C=O) groups is 5. The SMILES string of the molecule is CC(=O)Nc1nnc(SCC(=O)N[C@@H]2C(=O)N3C(C(=O)O)=C(/C=C4\CCN(Cc5ccc(O)cc5)C4=O)CS[C@H]23)s1.[NaH]. The Kier molecular flexibility index (Phi) is 10.4. The first-order chi connectivity index (χ1) is 19.6. The number of carboxylic acid groups (broad SMARTS) is 1. The average Bonchev–Trinajstić information content (AvgIpc) is 3.52. The number of fused-ring (bicyclic) bond motifs is 1. The van der Waals surface area contributed by atoms with Crippen LogP contribution in [0.15, 0.2) is 51.5 Å². The van der Waals surface area contributed by atoms with Crippen LogP contribution in [0.1, 0.15) is 18.9 Å². The average molecular weight is 641 g/mol. The molecule has 17 heteroatoms. The van der Waals surface area contributed by atoms with Crippen molar-refractivity contribution in [1.82, 2.24) is 25.3 Å². The standard InChI is InChI=1S/C25H24N6O7S3.Na.H/c1-12(32)26-24-28-29-25(41-24)40-11-17(34)27-18-21(36)31-19(23(37)38)15(10-39-22(18)31)8-14-6-7-30(20(14)35)9-13-2-4-16(33)5-3-13;;/h2-5,8,18,22,33H,6-7,9-11H2,1H3,(H,27,34)(H,37,38)(H,26,28,32);;/b14-8+;;/t18-,22-;;/m1../s1. The van der Waals surface area contributed by atoms with Gasteiger partial charge in [0.2, 0.25) is 22.9 Å². The topological polar surface area (TPSA) is 182 Å². The number of nitrogens with zero attached hydrogens (tertiary/aromatic N) is 4. The first-order valence-corrected chi connectivity index (χ1v) is 15.2. The number of phenols is 1. The molecule has 2 atom stereocenters. The van der Waals surface area contributed by atoms with Crippen LogP contribution in [-0.4, -0.2) is 119 Å². The number of aromatic nitrogens is 2. The molecule has 2 saturated heterocycles. The van der Waals surface area contributed by atoms with Crippen molar-refractivity contribution in [3.8, 4) is 5.75 Å². The summed E-state index contributed by atoms with van der Waals surface area (Å²) in [5, 5.41) is 32.0. The summed E-state index contributed by atoms with van der Waals surface area (Å²) in [5.74, 6) is -2.40. The summed E-state index contributed by atoms with van der Waals surface area (Å²) in [6.07, 6.45) is 2.01. The zero-order chi connectivity index (χ0) is 29.3. The van der Waals surface area contributed by atoms with Crippen molar-refractivity contribution in [2.24, 2.45) is 0 Å². The normalized spacial score (nSPS) is 20.6. The Morgan fingerprint density at radius 2 is 1.93 bits per heavy atom. The minimum atomic E-state index is -1.28. The number of aromatic hydroxyl groups is 1. The van der Waals surface area contributed by atoms with Gasteiger partial charge in [-0.15, -0.1) is 22.0 Å². The molecule has 2 aromatic rings. The van der Waals surface area contributed by atoms with Crippen molar-refractivity contribution in [3.63, 3.8) is 0 Å². The summed E-state index contributed by atoms with van der Waals surface area (Å²) < 4.78 is 0.467. The second-order valence-electron chi connectivity index (χ2n) is 9.29. The Balaban J connectivity index is 0.00000405. The van der Waals surface area contributed by atoms with Gasteiger partial charge in [0.1, 0.15) is 22.9 Å². The van der Waals surface area contributed by atoms with Gasteiger partial charge in [0, 0.05) is 31.3 Å². The summed E-state index contributed by atoms with van der Waals surface area (Å²) in [6.45, 7) is 2.17. The van der Waals surface area contributed by atoms with Gasteiger partial charge in [-0.3, -0.25) is 24.1 Å². The van der Waals surface area contributed by atoms with Crippen molar-refractivity contribution in [3.05, 3.63) is 52.7 Å². The van der Waals surface area contributed by atoms with Gasteiger partial charge in [0.05, 0.1) is 5.75 Å². The van der Waals surface area contributed by atoms with E-state index >= 15 is 0 Å². The van der Waals surface area contributed by atoms with E-state index in [0.717, 1.165) is 28.7 Å². The summed E-state index contributed by atoms with van der Waals surface area (Å²) in [6, 6.07) is 5.69. The number of hydrogen-bond acceptors (Lipinski definition) is 11. The molecule has 2 fully saturated rings. The van der Waals surface area contributed by atoms with Crippen LogP contribution in [0.25, 0.3) is 0 Å². The Bertz CT molecular complexity index is 1500. The number of phenolic OH excluding ortho intramolecular Hbond substituents is 1. The summed E-state index contributed by atoms with van der Waals surface area (Å²) in [4.78, 5) is 64.7. The number of anilines is 1. The fraction of sp³-hybridized carbons (Fsp3) is 0.320. The molecule has 13 nitrogen and oxygen atoms in total. The van der Waals surface area contributed by atoms with Gasteiger partial charge >= 0.3 is 35.5 Å². The molecule has 0 bridgehead atoms. The molecule has 0 unspecified atom stereocenters. The van der Waals surface area contributed by atoms with E-state index < -0.39 is 29.2 Å². The fourth-order valence-corrected chi connectivity index (χ4v) is 7.46. The molecule has 0 spiro atoms. The molecule has 0 aliphatic carbocycles. The van der Waals surface area contributed by atoms with Crippen molar-refractivity contribution < 1.29 is 34.2 Å². The van der Waals surface area contributed by atoms with Gasteiger partial charge in [-0.2, -0.15) is 0 Å². The predicted octanol–water partition coefficient (Wildman–Crippen LogP) is 0.743. The quantitative estimate of drug-likeness (QED) is 0.0998. The number of hydrogen-bond donors (Lipinski definition) is 4. The zero-order valence-electron chi connectivity index (χ0n) is 21.5. The van der Waals surface area contributed by atoms with Crippen LogP contribution in [0.5, 0.6) is 5.75 Å². The van der Waals surface area contributed by atoms with Gasteiger partial charge in [-0.25, -0.2) is 4.79 Å². The third kappa shape index (κ3) is 7.01. The fourth-order valence-electron chi connectivity index (χ4n) is 4.55. The molecular weight excluding hydrogens is 616 g/mol. The van der Waals surface area contributed by atoms with Crippen LogP contribution in [0.2, 0.25) is 0 Å². The molecule has 3 aliphatic heterocycles. The van der Waals surface area contributed by atoms with E-state index in [1.54, 1.807) is 35.2 Å². The molecule has 1 aromatic heterocycles. The number of aliphatic carboxylic acids is 1. The van der Waals surface area contributed by atoms with E-state index in [1.165, 1.54) is 23.6 Å². The van der Waals surface area contributed by atoms with Gasteiger partial charge in [-0.05, 0) is 35.8 Å². The monoisotopic (exact) mass is 640 g/mol. The molecule has 5 rings (SSSR count). The molecule has 4 N–H and O–H groups in total. The second-order valence-corrected chi connectivity index (χ2v) is 12.6. The van der Waals surface area contributed by atoms with Crippen molar-refractivity contribution in [2.45, 2.75) is 35.6 Å². The third-order valence-corrected chi connectivity index (χ3v) is 9.68. The number of allylic oxidation sites excluding steroid dienone is 1. The molecule has 0 radical (unpaired) electrons. The zero-order valence-corrected chi connectivity index (χ0v) is 24.0. The Morgan fingerprint density at radius 1 is 1.19 bits per heavy atom. The first kappa shape index (κ1) is 32.0. The number of carbonyl (C=O) groups excluding carboxylic acids is 4. The Hall–Kier alpha value is -2.89. The molecule has 4 amide bonds. The van der Waals surface area contributed by atoms with E-state index in [4.69, 9.17) is 0 Å². The van der Waals surface area contributed by atoms with E-state index in [-0.39, 0.29) is 64.3 Å². The number of benzene rings is 1. The van der Waals surface area contributed by atoms with Crippen LogP contribution in [0.3, 0.4) is 0 Å². The van der Waals surface area contributed by atoms with Crippen molar-refractivity contribution in [2.75, 3.05) is 23.4 Å². The maximum atomic E-state index is 13.0. The molecule has 216 valence electrons. The van der Waals surface area contributed by atoms with Crippen molar-refractivity contribution in [1.29, 1.82) is 0 Å². The van der Waals surface area contributed by atoms with E-state index in [0.29, 0.717) is 40.1 Å². The summed E-state index contributed by atoms with van der Waals surface area (Å²) in [5.41, 5.74) is 1.50. The van der Waals surface area contributed by atoms with E-state index in [9.17, 15) is 34.2 Å². The van der Waals surface area contributed by atoms with Crippen LogP contribution < -0.4 is 10.6 Å². The molecule has 1 aromatic carbocycles. The number of amides is 4. The molecule has 42 heavy (non-hydrogen) atoms. The van der Waals surface area contributed by atoms with Crippen LogP contribution in [0, 0.1) is 0 Å². The van der Waals surface area contributed by atoms with Gasteiger partial charge in [0.25, 0.3) is 5.91 Å². The predicted molar refractivity (Wildman–Crippen MR) is 158 cm³/mol. The van der Waals surface area contributed by atoms with Crippen LogP contribution in [-0.2, 0) is 30.5 Å². The van der Waals surface area contributed by atoms with Gasteiger partial charge < -0.3 is 25.7 Å². The number of rotatable bonds is 9. The number of carboxylic acids is 1.